The molecule has 1 aromatic heterocycles. The van der Waals surface area contributed by atoms with E-state index >= 15 is 0 Å². The van der Waals surface area contributed by atoms with Crippen molar-refractivity contribution in [1.29, 1.82) is 0 Å². The first-order valence-corrected chi connectivity index (χ1v) is 8.72. The molecule has 0 unspecified atom stereocenters. The van der Waals surface area contributed by atoms with Gasteiger partial charge in [-0.2, -0.15) is 0 Å². The molecule has 0 aromatic carbocycles. The largest absolute Gasteiger partial charge is 0.347 e. The second-order valence-corrected chi connectivity index (χ2v) is 8.44. The zero-order valence-electron chi connectivity index (χ0n) is 13.4. The molecular weight excluding hydrogens is 294 g/mol. The predicted molar refractivity (Wildman–Crippen MR) is 79.6 cm³/mol. The van der Waals surface area contributed by atoms with Crippen LogP contribution in [-0.2, 0) is 25.9 Å². The van der Waals surface area contributed by atoms with E-state index in [1.165, 1.54) is 4.68 Å². The summed E-state index contributed by atoms with van der Waals surface area (Å²) in [4.78, 5) is 0. The van der Waals surface area contributed by atoms with Gasteiger partial charge in [-0.05, 0) is 34.6 Å². The van der Waals surface area contributed by atoms with E-state index in [1.54, 1.807) is 27.0 Å². The van der Waals surface area contributed by atoms with Gasteiger partial charge in [0.25, 0.3) is 0 Å². The molecule has 0 aliphatic rings. The molecule has 0 amide bonds. The van der Waals surface area contributed by atoms with Gasteiger partial charge in [-0.15, -0.1) is 5.10 Å². The highest BCUT2D eigenvalue weighted by molar-refractivity contribution is 7.92. The Balaban J connectivity index is 2.71. The lowest BCUT2D eigenvalue weighted by Crippen LogP contribution is -2.32. The third-order valence-electron chi connectivity index (χ3n) is 2.96. The molecule has 1 rings (SSSR count). The lowest BCUT2D eigenvalue weighted by Gasteiger charge is -2.18. The highest BCUT2D eigenvalue weighted by atomic mass is 32.2. The Kier molecular flexibility index (Phi) is 6.30. The molecule has 122 valence electrons. The molecule has 0 radical (unpaired) electrons. The van der Waals surface area contributed by atoms with Gasteiger partial charge in [-0.25, -0.2) is 8.42 Å². The van der Waals surface area contributed by atoms with Crippen LogP contribution < -0.4 is 0 Å². The molecule has 8 heteroatoms. The summed E-state index contributed by atoms with van der Waals surface area (Å²) in [5, 5.41) is 7.91. The highest BCUT2D eigenvalue weighted by Crippen LogP contribution is 2.18. The first-order chi connectivity index (χ1) is 9.71. The molecular formula is C13H25N3O4S. The van der Waals surface area contributed by atoms with Crippen LogP contribution in [0.15, 0.2) is 6.20 Å². The van der Waals surface area contributed by atoms with Crippen LogP contribution in [0.25, 0.3) is 0 Å². The van der Waals surface area contributed by atoms with E-state index in [0.717, 1.165) is 0 Å². The summed E-state index contributed by atoms with van der Waals surface area (Å²) in [6.45, 7) is 10.1. The molecule has 0 aliphatic carbocycles. The fourth-order valence-corrected chi connectivity index (χ4v) is 2.61. The minimum Gasteiger partial charge on any atom is -0.347 e. The number of aryl methyl sites for hydroxylation is 1. The molecule has 0 saturated carbocycles. The first kappa shape index (κ1) is 18.1. The van der Waals surface area contributed by atoms with Crippen molar-refractivity contribution in [3.05, 3.63) is 11.9 Å². The summed E-state index contributed by atoms with van der Waals surface area (Å²) in [6.07, 6.45) is 1.10. The Morgan fingerprint density at radius 2 is 1.81 bits per heavy atom. The van der Waals surface area contributed by atoms with Gasteiger partial charge in [-0.3, -0.25) is 4.68 Å². The number of ether oxygens (including phenoxy) is 2. The van der Waals surface area contributed by atoms with E-state index in [4.69, 9.17) is 9.47 Å². The molecule has 1 aromatic rings. The van der Waals surface area contributed by atoms with Crippen molar-refractivity contribution >= 4 is 9.84 Å². The van der Waals surface area contributed by atoms with E-state index in [9.17, 15) is 8.42 Å². The van der Waals surface area contributed by atoms with Crippen LogP contribution in [0.1, 0.15) is 46.6 Å². The Morgan fingerprint density at radius 3 is 2.29 bits per heavy atom. The van der Waals surface area contributed by atoms with Crippen molar-refractivity contribution in [2.75, 3.05) is 19.0 Å². The zero-order valence-corrected chi connectivity index (χ0v) is 14.2. The lowest BCUT2D eigenvalue weighted by atomic mass is 10.3. The van der Waals surface area contributed by atoms with Gasteiger partial charge in [0.2, 0.25) is 6.29 Å². The van der Waals surface area contributed by atoms with Crippen LogP contribution in [0.3, 0.4) is 0 Å². The summed E-state index contributed by atoms with van der Waals surface area (Å²) < 4.78 is 35.7. The van der Waals surface area contributed by atoms with Crippen LogP contribution in [0.4, 0.5) is 0 Å². The molecule has 0 fully saturated rings. The monoisotopic (exact) mass is 319 g/mol. The second-order valence-electron chi connectivity index (χ2n) is 5.58. The van der Waals surface area contributed by atoms with Gasteiger partial charge in [0, 0.05) is 13.2 Å². The molecule has 0 spiro atoms. The Labute approximate surface area is 126 Å². The van der Waals surface area contributed by atoms with E-state index in [2.05, 4.69) is 10.3 Å². The number of hydrogen-bond acceptors (Lipinski definition) is 6. The van der Waals surface area contributed by atoms with Crippen LogP contribution >= 0.6 is 0 Å². The van der Waals surface area contributed by atoms with Crippen molar-refractivity contribution in [3.8, 4) is 0 Å². The summed E-state index contributed by atoms with van der Waals surface area (Å²) in [6, 6.07) is 0. The third-order valence-corrected chi connectivity index (χ3v) is 5.54. The van der Waals surface area contributed by atoms with Crippen molar-refractivity contribution in [3.63, 3.8) is 0 Å². The molecule has 0 atom stereocenters. The van der Waals surface area contributed by atoms with Crippen LogP contribution in [0.2, 0.25) is 0 Å². The van der Waals surface area contributed by atoms with Gasteiger partial charge in [0.15, 0.2) is 9.84 Å². The van der Waals surface area contributed by atoms with Crippen LogP contribution in [0.5, 0.6) is 0 Å². The standard InChI is InChI=1S/C13H25N3O4S/c1-6-19-12(20-7-2)11-10-16(15-14-11)8-9-21(17,18)13(3,4)5/h10,12H,6-9H2,1-5H3. The maximum Gasteiger partial charge on any atom is 0.204 e. The third kappa shape index (κ3) is 5.05. The average molecular weight is 319 g/mol. The molecule has 0 aliphatic heterocycles. The number of aromatic nitrogens is 3. The Morgan fingerprint density at radius 1 is 1.24 bits per heavy atom. The van der Waals surface area contributed by atoms with Crippen LogP contribution in [0, 0.1) is 0 Å². The predicted octanol–water partition coefficient (Wildman–Crippen LogP) is 1.56. The minimum absolute atomic E-state index is 0.0211. The van der Waals surface area contributed by atoms with Gasteiger partial charge in [-0.1, -0.05) is 5.21 Å². The van der Waals surface area contributed by atoms with Crippen molar-refractivity contribution in [1.82, 2.24) is 15.0 Å². The van der Waals surface area contributed by atoms with Gasteiger partial charge in [0.1, 0.15) is 5.69 Å². The average Bonchev–Trinajstić information content (AvgIpc) is 2.83. The molecule has 21 heavy (non-hydrogen) atoms. The normalized spacial score (nSPS) is 13.0. The minimum atomic E-state index is -3.18. The Bertz CT molecular complexity index is 528. The van der Waals surface area contributed by atoms with E-state index in [0.29, 0.717) is 18.9 Å². The summed E-state index contributed by atoms with van der Waals surface area (Å²) >= 11 is 0. The summed E-state index contributed by atoms with van der Waals surface area (Å²) in [7, 11) is -3.18. The topological polar surface area (TPSA) is 83.3 Å². The first-order valence-electron chi connectivity index (χ1n) is 7.06. The summed E-state index contributed by atoms with van der Waals surface area (Å²) in [5.74, 6) is 0.0211. The number of nitrogens with zero attached hydrogens (tertiary/aromatic N) is 3. The van der Waals surface area contributed by atoms with Crippen molar-refractivity contribution < 1.29 is 17.9 Å². The van der Waals surface area contributed by atoms with E-state index in [-0.39, 0.29) is 12.3 Å². The molecule has 7 nitrogen and oxygen atoms in total. The summed E-state index contributed by atoms with van der Waals surface area (Å²) in [5.41, 5.74) is 0.548. The smallest absolute Gasteiger partial charge is 0.204 e. The molecule has 0 saturated heterocycles. The number of sulfone groups is 1. The number of hydrogen-bond donors (Lipinski definition) is 0. The fourth-order valence-electron chi connectivity index (χ4n) is 1.57. The number of rotatable bonds is 8. The van der Waals surface area contributed by atoms with E-state index < -0.39 is 20.9 Å². The maximum absolute atomic E-state index is 12.1. The molecule has 0 bridgehead atoms. The van der Waals surface area contributed by atoms with Crippen LogP contribution in [-0.4, -0.2) is 47.1 Å². The van der Waals surface area contributed by atoms with Crippen molar-refractivity contribution in [2.24, 2.45) is 0 Å². The highest BCUT2D eigenvalue weighted by Gasteiger charge is 2.28. The zero-order chi connectivity index (χ0) is 16.1. The fraction of sp³-hybridized carbons (Fsp3) is 0.846. The molecule has 0 N–H and O–H groups in total. The maximum atomic E-state index is 12.1. The Hall–Kier alpha value is -0.990. The SMILES string of the molecule is CCOC(OCC)c1cn(CCS(=O)(=O)C(C)(C)C)nn1. The van der Waals surface area contributed by atoms with Gasteiger partial charge >= 0.3 is 0 Å². The second kappa shape index (κ2) is 7.33. The lowest BCUT2D eigenvalue weighted by molar-refractivity contribution is -0.142. The quantitative estimate of drug-likeness (QED) is 0.676. The van der Waals surface area contributed by atoms with Gasteiger partial charge in [0.05, 0.1) is 23.2 Å². The van der Waals surface area contributed by atoms with Crippen molar-refractivity contribution in [2.45, 2.75) is 52.2 Å². The molecule has 1 heterocycles. The van der Waals surface area contributed by atoms with Gasteiger partial charge < -0.3 is 9.47 Å². The van der Waals surface area contributed by atoms with E-state index in [1.807, 2.05) is 13.8 Å².